The second kappa shape index (κ2) is 12.8. The first-order valence-corrected chi connectivity index (χ1v) is 11.6. The predicted octanol–water partition coefficient (Wildman–Crippen LogP) is 2.22. The number of halogens is 1. The number of benzene rings is 1. The molecule has 0 aliphatic carbocycles. The van der Waals surface area contributed by atoms with Gasteiger partial charge in [-0.05, 0) is 43.5 Å². The van der Waals surface area contributed by atoms with Crippen molar-refractivity contribution in [3.63, 3.8) is 0 Å². The van der Waals surface area contributed by atoms with Gasteiger partial charge in [-0.2, -0.15) is 0 Å². The maximum atomic E-state index is 14.7. The Kier molecular flexibility index (Phi) is 9.84. The van der Waals surface area contributed by atoms with Crippen LogP contribution in [0.2, 0.25) is 0 Å². The molecule has 0 spiro atoms. The van der Waals surface area contributed by atoms with Crippen LogP contribution in [0.25, 0.3) is 0 Å². The van der Waals surface area contributed by atoms with Gasteiger partial charge < -0.3 is 29.9 Å². The number of likely N-dealkylation sites (N-methyl/N-ethyl adjacent to an activating group) is 1. The average Bonchev–Trinajstić information content (AvgIpc) is 3.32. The van der Waals surface area contributed by atoms with E-state index in [1.54, 1.807) is 13.1 Å². The number of nitrogens with one attached hydrogen (secondary N) is 2. The molecule has 1 unspecified atom stereocenters. The molecule has 174 valence electrons. The summed E-state index contributed by atoms with van der Waals surface area (Å²) < 4.78 is 25.9. The number of anilines is 1. The van der Waals surface area contributed by atoms with Crippen LogP contribution in [0.5, 0.6) is 0 Å². The van der Waals surface area contributed by atoms with Crippen LogP contribution in [0, 0.1) is 5.82 Å². The Morgan fingerprint density at radius 2 is 2.10 bits per heavy atom. The smallest absolute Gasteiger partial charge is 0.191 e. The molecule has 2 fully saturated rings. The third-order valence-electron chi connectivity index (χ3n) is 5.94. The number of piperazine rings is 1. The van der Waals surface area contributed by atoms with Gasteiger partial charge in [0.1, 0.15) is 5.82 Å². The Morgan fingerprint density at radius 3 is 2.77 bits per heavy atom. The largest absolute Gasteiger partial charge is 0.379 e. The predicted molar refractivity (Wildman–Crippen MR) is 123 cm³/mol. The molecular formula is C23H38FN5O2. The monoisotopic (exact) mass is 435 g/mol. The van der Waals surface area contributed by atoms with Crippen molar-refractivity contribution < 1.29 is 13.9 Å². The molecule has 0 aromatic heterocycles. The average molecular weight is 436 g/mol. The van der Waals surface area contributed by atoms with Crippen molar-refractivity contribution in [3.05, 3.63) is 29.6 Å². The van der Waals surface area contributed by atoms with Gasteiger partial charge >= 0.3 is 0 Å². The van der Waals surface area contributed by atoms with Crippen LogP contribution in [0.4, 0.5) is 10.1 Å². The summed E-state index contributed by atoms with van der Waals surface area (Å²) in [5, 5.41) is 6.53. The lowest BCUT2D eigenvalue weighted by molar-refractivity contribution is 0.0168. The molecule has 0 saturated carbocycles. The second-order valence-corrected chi connectivity index (χ2v) is 8.12. The highest BCUT2D eigenvalue weighted by atomic mass is 19.1. The Labute approximate surface area is 186 Å². The van der Waals surface area contributed by atoms with Crippen molar-refractivity contribution in [1.82, 2.24) is 15.5 Å². The summed E-state index contributed by atoms with van der Waals surface area (Å²) in [5.41, 5.74) is 1.60. The van der Waals surface area contributed by atoms with Gasteiger partial charge in [0.15, 0.2) is 5.96 Å². The lowest BCUT2D eigenvalue weighted by Crippen LogP contribution is -2.46. The molecule has 2 N–H and O–H groups in total. The van der Waals surface area contributed by atoms with Crippen molar-refractivity contribution in [3.8, 4) is 0 Å². The Bertz CT molecular complexity index is 689. The third kappa shape index (κ3) is 7.63. The fraction of sp³-hybridized carbons (Fsp3) is 0.696. The molecule has 2 saturated heterocycles. The summed E-state index contributed by atoms with van der Waals surface area (Å²) in [4.78, 5) is 8.77. The van der Waals surface area contributed by atoms with Crippen LogP contribution in [0.15, 0.2) is 23.2 Å². The van der Waals surface area contributed by atoms with E-state index in [0.29, 0.717) is 31.4 Å². The highest BCUT2D eigenvalue weighted by molar-refractivity contribution is 5.79. The Balaban J connectivity index is 1.34. The SMILES string of the molecule is CCN1CCN(c2ccc(CNC(=NC)NCCCOCC3CCCO3)cc2F)CC1. The lowest BCUT2D eigenvalue weighted by atomic mass is 10.1. The number of rotatable bonds is 10. The minimum absolute atomic E-state index is 0.157. The number of ether oxygens (including phenoxy) is 2. The van der Waals surface area contributed by atoms with Crippen molar-refractivity contribution >= 4 is 11.6 Å². The van der Waals surface area contributed by atoms with E-state index in [2.05, 4.69) is 32.3 Å². The summed E-state index contributed by atoms with van der Waals surface area (Å²) in [7, 11) is 1.74. The molecule has 1 atom stereocenters. The van der Waals surface area contributed by atoms with Crippen LogP contribution < -0.4 is 15.5 Å². The molecule has 2 heterocycles. The van der Waals surface area contributed by atoms with Crippen LogP contribution in [-0.4, -0.2) is 83.1 Å². The standard InChI is InChI=1S/C23H38FN5O2/c1-3-28-10-12-29(13-11-28)22-8-7-19(16-21(22)24)17-27-23(25-2)26-9-5-14-30-18-20-6-4-15-31-20/h7-8,16,20H,3-6,9-15,17-18H2,1-2H3,(H2,25,26,27). The van der Waals surface area contributed by atoms with Crippen molar-refractivity contribution in [2.75, 3.05) is 71.0 Å². The summed E-state index contributed by atoms with van der Waals surface area (Å²) in [6.45, 7) is 10.5. The quantitative estimate of drug-likeness (QED) is 0.334. The van der Waals surface area contributed by atoms with Crippen LogP contribution in [-0.2, 0) is 16.0 Å². The van der Waals surface area contributed by atoms with Crippen molar-refractivity contribution in [1.29, 1.82) is 0 Å². The molecule has 0 bridgehead atoms. The summed E-state index contributed by atoms with van der Waals surface area (Å²) in [6.07, 6.45) is 3.41. The van der Waals surface area contributed by atoms with Crippen molar-refractivity contribution in [2.45, 2.75) is 38.8 Å². The first-order valence-electron chi connectivity index (χ1n) is 11.6. The summed E-state index contributed by atoms with van der Waals surface area (Å²) in [6, 6.07) is 5.51. The normalized spacial score (nSPS) is 20.3. The van der Waals surface area contributed by atoms with E-state index in [-0.39, 0.29) is 11.9 Å². The zero-order chi connectivity index (χ0) is 21.9. The van der Waals surface area contributed by atoms with Gasteiger partial charge in [-0.3, -0.25) is 4.99 Å². The minimum Gasteiger partial charge on any atom is -0.379 e. The molecule has 31 heavy (non-hydrogen) atoms. The fourth-order valence-corrected chi connectivity index (χ4v) is 4.00. The maximum absolute atomic E-state index is 14.7. The molecule has 1 aromatic carbocycles. The van der Waals surface area contributed by atoms with Gasteiger partial charge in [-0.1, -0.05) is 13.0 Å². The van der Waals surface area contributed by atoms with Crippen LogP contribution in [0.3, 0.4) is 0 Å². The zero-order valence-electron chi connectivity index (χ0n) is 19.0. The third-order valence-corrected chi connectivity index (χ3v) is 5.94. The number of hydrogen-bond acceptors (Lipinski definition) is 5. The summed E-state index contributed by atoms with van der Waals surface area (Å²) in [5.74, 6) is 0.551. The Hall–Kier alpha value is -1.90. The van der Waals surface area contributed by atoms with E-state index in [1.165, 1.54) is 0 Å². The number of nitrogens with zero attached hydrogens (tertiary/aromatic N) is 3. The topological polar surface area (TPSA) is 61.4 Å². The number of hydrogen-bond donors (Lipinski definition) is 2. The lowest BCUT2D eigenvalue weighted by Gasteiger charge is -2.35. The number of aliphatic imine (C=N–C) groups is 1. The first kappa shape index (κ1) is 23.8. The Morgan fingerprint density at radius 1 is 1.26 bits per heavy atom. The zero-order valence-corrected chi connectivity index (χ0v) is 19.0. The molecular weight excluding hydrogens is 397 g/mol. The van der Waals surface area contributed by atoms with Gasteiger partial charge in [0.05, 0.1) is 18.4 Å². The molecule has 2 aliphatic rings. The number of guanidine groups is 1. The molecule has 0 radical (unpaired) electrons. The molecule has 2 aliphatic heterocycles. The maximum Gasteiger partial charge on any atom is 0.191 e. The van der Waals surface area contributed by atoms with Gasteiger partial charge in [-0.15, -0.1) is 0 Å². The van der Waals surface area contributed by atoms with Crippen LogP contribution in [0.1, 0.15) is 31.7 Å². The van der Waals surface area contributed by atoms with Gasteiger partial charge in [-0.25, -0.2) is 4.39 Å². The van der Waals surface area contributed by atoms with E-state index in [4.69, 9.17) is 9.47 Å². The fourth-order valence-electron chi connectivity index (χ4n) is 4.00. The van der Waals surface area contributed by atoms with E-state index in [0.717, 1.165) is 70.7 Å². The van der Waals surface area contributed by atoms with Crippen LogP contribution >= 0.6 is 0 Å². The first-order chi connectivity index (χ1) is 15.2. The van der Waals surface area contributed by atoms with Gasteiger partial charge in [0.2, 0.25) is 0 Å². The highest BCUT2D eigenvalue weighted by Gasteiger charge is 2.18. The molecule has 0 amide bonds. The van der Waals surface area contributed by atoms with Gasteiger partial charge in [0, 0.05) is 59.5 Å². The highest BCUT2D eigenvalue weighted by Crippen LogP contribution is 2.22. The van der Waals surface area contributed by atoms with E-state index in [1.807, 2.05) is 12.1 Å². The molecule has 3 rings (SSSR count). The molecule has 1 aromatic rings. The van der Waals surface area contributed by atoms with E-state index >= 15 is 0 Å². The summed E-state index contributed by atoms with van der Waals surface area (Å²) >= 11 is 0. The molecule has 8 heteroatoms. The van der Waals surface area contributed by atoms with Crippen molar-refractivity contribution in [2.24, 2.45) is 4.99 Å². The van der Waals surface area contributed by atoms with E-state index < -0.39 is 0 Å². The minimum atomic E-state index is -0.157. The second-order valence-electron chi connectivity index (χ2n) is 8.12. The van der Waals surface area contributed by atoms with Gasteiger partial charge in [0.25, 0.3) is 0 Å². The van der Waals surface area contributed by atoms with E-state index in [9.17, 15) is 4.39 Å². The molecule has 7 nitrogen and oxygen atoms in total.